The summed E-state index contributed by atoms with van der Waals surface area (Å²) in [5.74, 6) is -0.585. The lowest BCUT2D eigenvalue weighted by Gasteiger charge is -2.40. The van der Waals surface area contributed by atoms with E-state index in [0.29, 0.717) is 23.4 Å². The fourth-order valence-corrected chi connectivity index (χ4v) is 4.74. The number of carbonyl (C=O) groups excluding carboxylic acids is 2. The second kappa shape index (κ2) is 8.88. The molecule has 2 fully saturated rings. The number of hydrogen-bond acceptors (Lipinski definition) is 4. The minimum absolute atomic E-state index is 0.0691. The van der Waals surface area contributed by atoms with Crippen molar-refractivity contribution >= 4 is 22.7 Å². The molecule has 3 N–H and O–H groups in total. The molecule has 2 saturated heterocycles. The lowest BCUT2D eigenvalue weighted by Crippen LogP contribution is -2.48. The fourth-order valence-electron chi connectivity index (χ4n) is 4.74. The predicted molar refractivity (Wildman–Crippen MR) is 115 cm³/mol. The summed E-state index contributed by atoms with van der Waals surface area (Å²) in [5.41, 5.74) is 7.34. The zero-order valence-electron chi connectivity index (χ0n) is 17.2. The van der Waals surface area contributed by atoms with Gasteiger partial charge in [0.05, 0.1) is 12.0 Å². The number of nitriles is 1. The number of aromatic nitrogens is 1. The first-order chi connectivity index (χ1) is 14.6. The van der Waals surface area contributed by atoms with Crippen LogP contribution in [0.1, 0.15) is 53.7 Å². The van der Waals surface area contributed by atoms with Gasteiger partial charge < -0.3 is 20.5 Å². The molecule has 157 valence electrons. The van der Waals surface area contributed by atoms with Crippen molar-refractivity contribution in [3.05, 3.63) is 41.4 Å². The second-order valence-electron chi connectivity index (χ2n) is 8.29. The maximum Gasteiger partial charge on any atom is 0.266 e. The van der Waals surface area contributed by atoms with Crippen LogP contribution < -0.4 is 5.73 Å². The summed E-state index contributed by atoms with van der Waals surface area (Å²) in [6, 6.07) is 8.24. The van der Waals surface area contributed by atoms with Gasteiger partial charge >= 0.3 is 0 Å². The van der Waals surface area contributed by atoms with Crippen molar-refractivity contribution in [2.24, 2.45) is 5.73 Å². The Bertz CT molecular complexity index is 975. The van der Waals surface area contributed by atoms with Crippen LogP contribution in [0, 0.1) is 17.8 Å². The highest BCUT2D eigenvalue weighted by molar-refractivity contribution is 6.02. The molecule has 2 aliphatic rings. The number of nitrogens with zero attached hydrogens (tertiary/aromatic N) is 3. The number of fused-ring (bicyclic) bond motifs is 1. The summed E-state index contributed by atoms with van der Waals surface area (Å²) in [4.78, 5) is 31.7. The van der Waals surface area contributed by atoms with Gasteiger partial charge in [-0.3, -0.25) is 9.59 Å². The third-order valence-electron chi connectivity index (χ3n) is 6.42. The van der Waals surface area contributed by atoms with E-state index in [1.165, 1.54) is 32.4 Å². The molecule has 0 atom stereocenters. The van der Waals surface area contributed by atoms with Gasteiger partial charge in [0.15, 0.2) is 0 Å². The topological polar surface area (TPSA) is 106 Å². The number of H-pyrrole nitrogens is 1. The Kier molecular flexibility index (Phi) is 6.05. The third-order valence-corrected chi connectivity index (χ3v) is 6.42. The zero-order valence-corrected chi connectivity index (χ0v) is 17.2. The summed E-state index contributed by atoms with van der Waals surface area (Å²) < 4.78 is 0. The quantitative estimate of drug-likeness (QED) is 0.795. The molecule has 2 aromatic rings. The van der Waals surface area contributed by atoms with Gasteiger partial charge in [-0.1, -0.05) is 12.5 Å². The Labute approximate surface area is 176 Å². The van der Waals surface area contributed by atoms with Crippen molar-refractivity contribution in [2.75, 3.05) is 26.2 Å². The maximum atomic E-state index is 12.7. The van der Waals surface area contributed by atoms with Crippen molar-refractivity contribution in [1.29, 1.82) is 5.26 Å². The number of hydrogen-bond donors (Lipinski definition) is 2. The van der Waals surface area contributed by atoms with E-state index in [4.69, 9.17) is 5.73 Å². The highest BCUT2D eigenvalue weighted by Crippen LogP contribution is 2.24. The minimum Gasteiger partial charge on any atom is -0.364 e. The third kappa shape index (κ3) is 4.19. The number of aromatic amines is 1. The Morgan fingerprint density at radius 2 is 1.90 bits per heavy atom. The minimum atomic E-state index is -0.654. The number of rotatable bonds is 5. The molecule has 7 nitrogen and oxygen atoms in total. The number of primary amides is 1. The Morgan fingerprint density at radius 1 is 1.17 bits per heavy atom. The molecule has 2 aliphatic heterocycles. The molecule has 4 rings (SSSR count). The Hall–Kier alpha value is -2.85. The van der Waals surface area contributed by atoms with Gasteiger partial charge in [-0.05, 0) is 62.9 Å². The van der Waals surface area contributed by atoms with Crippen molar-refractivity contribution in [1.82, 2.24) is 14.8 Å². The molecule has 0 unspecified atom stereocenters. The van der Waals surface area contributed by atoms with Gasteiger partial charge in [0.25, 0.3) is 5.91 Å². The van der Waals surface area contributed by atoms with Gasteiger partial charge in [0.1, 0.15) is 11.8 Å². The fraction of sp³-hybridized carbons (Fsp3) is 0.478. The molecule has 0 aliphatic carbocycles. The summed E-state index contributed by atoms with van der Waals surface area (Å²) in [7, 11) is 0. The average Bonchev–Trinajstić information content (AvgIpc) is 3.16. The summed E-state index contributed by atoms with van der Waals surface area (Å²) in [5, 5.41) is 10.1. The van der Waals surface area contributed by atoms with E-state index in [2.05, 4.69) is 16.0 Å². The van der Waals surface area contributed by atoms with Crippen LogP contribution in [0.5, 0.6) is 0 Å². The molecular weight excluding hydrogens is 378 g/mol. The Morgan fingerprint density at radius 3 is 2.57 bits per heavy atom. The molecule has 30 heavy (non-hydrogen) atoms. The molecule has 0 saturated carbocycles. The van der Waals surface area contributed by atoms with Crippen LogP contribution in [-0.4, -0.2) is 58.8 Å². The van der Waals surface area contributed by atoms with E-state index in [-0.39, 0.29) is 17.2 Å². The van der Waals surface area contributed by atoms with Gasteiger partial charge in [-0.25, -0.2) is 0 Å². The lowest BCUT2D eigenvalue weighted by molar-refractivity contribution is -0.129. The SMILES string of the molecule is N#Cc1c(C(N)=O)[nH]c2ccc(C[CH]C(=O)N3CCC(N4CCCCC4)CC3)cc12. The first-order valence-corrected chi connectivity index (χ1v) is 10.8. The smallest absolute Gasteiger partial charge is 0.266 e. The summed E-state index contributed by atoms with van der Waals surface area (Å²) in [6.07, 6.45) is 8.25. The van der Waals surface area contributed by atoms with E-state index in [0.717, 1.165) is 31.5 Å². The van der Waals surface area contributed by atoms with Gasteiger partial charge in [0, 0.05) is 30.0 Å². The molecule has 0 spiro atoms. The first-order valence-electron chi connectivity index (χ1n) is 10.8. The second-order valence-corrected chi connectivity index (χ2v) is 8.29. The lowest BCUT2D eigenvalue weighted by atomic mass is 9.99. The molecule has 7 heteroatoms. The van der Waals surface area contributed by atoms with Crippen molar-refractivity contribution < 1.29 is 9.59 Å². The monoisotopic (exact) mass is 406 g/mol. The molecule has 3 heterocycles. The standard InChI is InChI=1S/C23H28N5O2/c24-15-19-18-14-16(4-6-20(18)26-22(19)23(25)30)5-7-21(29)28-12-8-17(9-13-28)27-10-2-1-3-11-27/h4,6-7,14,17,26H,1-3,5,8-13H2,(H2,25,30). The normalized spacial score (nSPS) is 18.4. The molecular formula is C23H28N5O2. The molecule has 1 radical (unpaired) electrons. The first kappa shape index (κ1) is 20.4. The maximum absolute atomic E-state index is 12.7. The Balaban J connectivity index is 1.34. The number of piperidine rings is 2. The summed E-state index contributed by atoms with van der Waals surface area (Å²) in [6.45, 7) is 4.03. The van der Waals surface area contributed by atoms with Crippen LogP contribution >= 0.6 is 0 Å². The number of nitrogens with one attached hydrogen (secondary N) is 1. The molecule has 2 amide bonds. The molecule has 1 aromatic heterocycles. The summed E-state index contributed by atoms with van der Waals surface area (Å²) >= 11 is 0. The van der Waals surface area contributed by atoms with Crippen LogP contribution in [-0.2, 0) is 11.2 Å². The van der Waals surface area contributed by atoms with Crippen molar-refractivity contribution in [3.63, 3.8) is 0 Å². The molecule has 1 aromatic carbocycles. The predicted octanol–water partition coefficient (Wildman–Crippen LogP) is 2.36. The zero-order chi connectivity index (χ0) is 21.1. The highest BCUT2D eigenvalue weighted by atomic mass is 16.2. The van der Waals surface area contributed by atoms with E-state index in [9.17, 15) is 14.9 Å². The van der Waals surface area contributed by atoms with Crippen LogP contribution in [0.25, 0.3) is 10.9 Å². The average molecular weight is 407 g/mol. The van der Waals surface area contributed by atoms with Gasteiger partial charge in [0.2, 0.25) is 5.91 Å². The van der Waals surface area contributed by atoms with Gasteiger partial charge in [-0.15, -0.1) is 0 Å². The number of carbonyl (C=O) groups is 2. The number of amides is 2. The van der Waals surface area contributed by atoms with E-state index >= 15 is 0 Å². The molecule has 0 bridgehead atoms. The van der Waals surface area contributed by atoms with E-state index in [1.807, 2.05) is 23.1 Å². The van der Waals surface area contributed by atoms with E-state index in [1.54, 1.807) is 6.42 Å². The largest absolute Gasteiger partial charge is 0.364 e. The van der Waals surface area contributed by atoms with Gasteiger partial charge in [-0.2, -0.15) is 5.26 Å². The van der Waals surface area contributed by atoms with Crippen LogP contribution in [0.2, 0.25) is 0 Å². The van der Waals surface area contributed by atoms with Crippen LogP contribution in [0.3, 0.4) is 0 Å². The number of likely N-dealkylation sites (tertiary alicyclic amines) is 2. The van der Waals surface area contributed by atoms with Crippen LogP contribution in [0.15, 0.2) is 18.2 Å². The van der Waals surface area contributed by atoms with Crippen molar-refractivity contribution in [2.45, 2.75) is 44.6 Å². The number of nitrogens with two attached hydrogens (primary N) is 1. The van der Waals surface area contributed by atoms with Crippen LogP contribution in [0.4, 0.5) is 0 Å². The highest BCUT2D eigenvalue weighted by Gasteiger charge is 2.27. The van der Waals surface area contributed by atoms with Crippen molar-refractivity contribution in [3.8, 4) is 6.07 Å². The van der Waals surface area contributed by atoms with E-state index < -0.39 is 5.91 Å². The number of benzene rings is 1.